The van der Waals surface area contributed by atoms with Crippen LogP contribution in [-0.2, 0) is 9.84 Å². The molecule has 2 heterocycles. The van der Waals surface area contributed by atoms with Crippen molar-refractivity contribution in [3.63, 3.8) is 0 Å². The van der Waals surface area contributed by atoms with Gasteiger partial charge in [0, 0.05) is 17.9 Å². The Labute approximate surface area is 108 Å². The summed E-state index contributed by atoms with van der Waals surface area (Å²) in [7, 11) is -3.53. The Morgan fingerprint density at radius 3 is 2.74 bits per heavy atom. The van der Waals surface area contributed by atoms with E-state index in [1.165, 1.54) is 6.07 Å². The number of ether oxygens (including phenoxy) is 2. The normalized spacial score (nSPS) is 13.7. The molecule has 2 aromatic rings. The molecule has 1 aromatic heterocycles. The lowest BCUT2D eigenvalue weighted by molar-refractivity contribution is 0.172. The molecule has 0 amide bonds. The first kappa shape index (κ1) is 11.8. The van der Waals surface area contributed by atoms with E-state index in [4.69, 9.17) is 19.7 Å². The second-order valence-corrected chi connectivity index (χ2v) is 6.02. The van der Waals surface area contributed by atoms with Crippen LogP contribution in [0.2, 0.25) is 0 Å². The van der Waals surface area contributed by atoms with Gasteiger partial charge in [-0.15, -0.1) is 0 Å². The van der Waals surface area contributed by atoms with Crippen molar-refractivity contribution in [3.05, 3.63) is 18.2 Å². The Morgan fingerprint density at radius 2 is 2.11 bits per heavy atom. The van der Waals surface area contributed by atoms with Crippen LogP contribution < -0.4 is 15.2 Å². The minimum absolute atomic E-state index is 0.0116. The molecule has 2 N–H and O–H groups in total. The fourth-order valence-corrected chi connectivity index (χ4v) is 3.00. The third kappa shape index (κ3) is 1.89. The first-order valence-electron chi connectivity index (χ1n) is 5.32. The Morgan fingerprint density at radius 1 is 1.32 bits per heavy atom. The van der Waals surface area contributed by atoms with Crippen molar-refractivity contribution in [2.75, 3.05) is 18.8 Å². The van der Waals surface area contributed by atoms with E-state index < -0.39 is 9.84 Å². The highest BCUT2D eigenvalue weighted by Crippen LogP contribution is 2.43. The second-order valence-electron chi connectivity index (χ2n) is 4.06. The Hall–Kier alpha value is -2.22. The number of anilines is 1. The number of aromatic nitrogens is 1. The van der Waals surface area contributed by atoms with Crippen molar-refractivity contribution in [2.45, 2.75) is 4.90 Å². The Balaban J connectivity index is 2.32. The number of hydrogen-bond donors (Lipinski definition) is 1. The van der Waals surface area contributed by atoms with Crippen molar-refractivity contribution in [3.8, 4) is 22.8 Å². The van der Waals surface area contributed by atoms with Gasteiger partial charge in [-0.2, -0.15) is 0 Å². The molecule has 19 heavy (non-hydrogen) atoms. The molecule has 0 unspecified atom stereocenters. The van der Waals surface area contributed by atoms with Gasteiger partial charge >= 0.3 is 0 Å². The lowest BCUT2D eigenvalue weighted by Crippen LogP contribution is -2.02. The number of fused-ring (bicyclic) bond motifs is 1. The molecule has 1 aliphatic heterocycles. The zero-order valence-electron chi connectivity index (χ0n) is 9.91. The highest BCUT2D eigenvalue weighted by atomic mass is 32.2. The molecule has 0 atom stereocenters. The first-order chi connectivity index (χ1) is 8.97. The van der Waals surface area contributed by atoms with Gasteiger partial charge < -0.3 is 19.7 Å². The minimum Gasteiger partial charge on any atom is -0.454 e. The molecule has 1 aromatic carbocycles. The van der Waals surface area contributed by atoms with Gasteiger partial charge in [0.25, 0.3) is 0 Å². The van der Waals surface area contributed by atoms with E-state index >= 15 is 0 Å². The van der Waals surface area contributed by atoms with Crippen molar-refractivity contribution in [1.82, 2.24) is 5.16 Å². The highest BCUT2D eigenvalue weighted by molar-refractivity contribution is 7.91. The van der Waals surface area contributed by atoms with Crippen LogP contribution in [0.3, 0.4) is 0 Å². The quantitative estimate of drug-likeness (QED) is 0.877. The van der Waals surface area contributed by atoms with Gasteiger partial charge in [0.1, 0.15) is 10.6 Å². The summed E-state index contributed by atoms with van der Waals surface area (Å²) in [5.41, 5.74) is 6.15. The smallest absolute Gasteiger partial charge is 0.231 e. The summed E-state index contributed by atoms with van der Waals surface area (Å²) in [5, 5.41) is 3.72. The van der Waals surface area contributed by atoms with Gasteiger partial charge in [-0.05, 0) is 12.1 Å². The number of nitrogens with zero attached hydrogens (tertiary/aromatic N) is 1. The number of nitrogens with two attached hydrogens (primary N) is 1. The third-order valence-electron chi connectivity index (χ3n) is 2.67. The zero-order valence-corrected chi connectivity index (χ0v) is 10.7. The molecule has 0 saturated heterocycles. The van der Waals surface area contributed by atoms with Crippen LogP contribution in [0, 0.1) is 0 Å². The minimum atomic E-state index is -3.53. The average Bonchev–Trinajstić information content (AvgIpc) is 2.93. The van der Waals surface area contributed by atoms with E-state index in [2.05, 4.69) is 5.16 Å². The summed E-state index contributed by atoms with van der Waals surface area (Å²) in [6, 6.07) is 4.66. The molecule has 0 aliphatic carbocycles. The molecule has 7 nitrogen and oxygen atoms in total. The van der Waals surface area contributed by atoms with Crippen LogP contribution in [0.15, 0.2) is 27.6 Å². The number of nitrogen functional groups attached to an aromatic ring is 1. The van der Waals surface area contributed by atoms with E-state index in [0.717, 1.165) is 6.26 Å². The van der Waals surface area contributed by atoms with Gasteiger partial charge in [0.05, 0.1) is 0 Å². The molecule has 0 saturated carbocycles. The molecule has 0 radical (unpaired) electrons. The summed E-state index contributed by atoms with van der Waals surface area (Å²) >= 11 is 0. The molecule has 100 valence electrons. The summed E-state index contributed by atoms with van der Waals surface area (Å²) in [6.45, 7) is -0.0116. The number of hydrogen-bond acceptors (Lipinski definition) is 7. The molecule has 1 aliphatic rings. The first-order valence-corrected chi connectivity index (χ1v) is 7.21. The predicted octanol–water partition coefficient (Wildman–Crippen LogP) is 1.06. The maximum atomic E-state index is 12.0. The van der Waals surface area contributed by atoms with E-state index in [1.807, 2.05) is 0 Å². The van der Waals surface area contributed by atoms with Crippen molar-refractivity contribution in [2.24, 2.45) is 0 Å². The maximum Gasteiger partial charge on any atom is 0.231 e. The molecule has 0 fully saturated rings. The highest BCUT2D eigenvalue weighted by Gasteiger charge is 2.28. The zero-order chi connectivity index (χ0) is 13.6. The lowest BCUT2D eigenvalue weighted by atomic mass is 10.1. The summed E-state index contributed by atoms with van der Waals surface area (Å²) < 4.78 is 39.1. The van der Waals surface area contributed by atoms with Crippen LogP contribution in [0.5, 0.6) is 11.5 Å². The standard InChI is InChI=1S/C11H10N2O5S/c1-19(14,15)11-6(7-4-9(12)18-13-7)2-3-8-10(11)17-5-16-8/h2-4H,5,12H2,1H3. The van der Waals surface area contributed by atoms with Crippen molar-refractivity contribution < 1.29 is 22.4 Å². The maximum absolute atomic E-state index is 12.0. The van der Waals surface area contributed by atoms with Gasteiger partial charge in [-0.25, -0.2) is 8.42 Å². The largest absolute Gasteiger partial charge is 0.454 e. The summed E-state index contributed by atoms with van der Waals surface area (Å²) in [4.78, 5) is 0.0239. The SMILES string of the molecule is CS(=O)(=O)c1c(-c2cc(N)on2)ccc2c1OCO2. The average molecular weight is 282 g/mol. The fraction of sp³-hybridized carbons (Fsp3) is 0.182. The molecular weight excluding hydrogens is 272 g/mol. The molecule has 0 bridgehead atoms. The summed E-state index contributed by atoms with van der Waals surface area (Å²) in [6.07, 6.45) is 1.09. The van der Waals surface area contributed by atoms with Crippen LogP contribution in [0.25, 0.3) is 11.3 Å². The Bertz CT molecular complexity index is 750. The van der Waals surface area contributed by atoms with Crippen molar-refractivity contribution >= 4 is 15.7 Å². The lowest BCUT2D eigenvalue weighted by Gasteiger charge is -2.08. The number of sulfone groups is 1. The van der Waals surface area contributed by atoms with E-state index in [9.17, 15) is 8.42 Å². The predicted molar refractivity (Wildman–Crippen MR) is 65.6 cm³/mol. The topological polar surface area (TPSA) is 105 Å². The van der Waals surface area contributed by atoms with E-state index in [1.54, 1.807) is 12.1 Å². The van der Waals surface area contributed by atoms with Gasteiger partial charge in [-0.1, -0.05) is 5.16 Å². The van der Waals surface area contributed by atoms with Gasteiger partial charge in [-0.3, -0.25) is 0 Å². The van der Waals surface area contributed by atoms with Crippen LogP contribution in [0.4, 0.5) is 5.88 Å². The van der Waals surface area contributed by atoms with E-state index in [0.29, 0.717) is 17.0 Å². The molecular formula is C11H10N2O5S. The molecule has 3 rings (SSSR count). The second kappa shape index (κ2) is 3.89. The van der Waals surface area contributed by atoms with Crippen molar-refractivity contribution in [1.29, 1.82) is 0 Å². The molecule has 8 heteroatoms. The number of benzene rings is 1. The third-order valence-corrected chi connectivity index (χ3v) is 3.82. The van der Waals surface area contributed by atoms with Crippen LogP contribution >= 0.6 is 0 Å². The monoisotopic (exact) mass is 282 g/mol. The summed E-state index contributed by atoms with van der Waals surface area (Å²) in [5.74, 6) is 0.689. The van der Waals surface area contributed by atoms with Gasteiger partial charge in [0.2, 0.25) is 12.7 Å². The number of rotatable bonds is 2. The molecule has 0 spiro atoms. The fourth-order valence-electron chi connectivity index (χ4n) is 1.93. The van der Waals surface area contributed by atoms with E-state index in [-0.39, 0.29) is 23.3 Å². The van der Waals surface area contributed by atoms with Crippen LogP contribution in [-0.4, -0.2) is 26.6 Å². The van der Waals surface area contributed by atoms with Crippen LogP contribution in [0.1, 0.15) is 0 Å². The van der Waals surface area contributed by atoms with Gasteiger partial charge in [0.15, 0.2) is 21.3 Å². The Kier molecular flexibility index (Phi) is 2.42.